The molecule has 0 spiro atoms. The molecule has 1 unspecified atom stereocenters. The van der Waals surface area contributed by atoms with E-state index in [0.29, 0.717) is 13.0 Å². The molecule has 0 aromatic carbocycles. The molecular formula is C7H14ClNO3. The number of carboxylic acid groups (broad SMARTS) is 1. The first-order chi connectivity index (χ1) is 5.21. The van der Waals surface area contributed by atoms with Gasteiger partial charge in [0.25, 0.3) is 0 Å². The lowest BCUT2D eigenvalue weighted by Crippen LogP contribution is -2.45. The van der Waals surface area contributed by atoms with E-state index >= 15 is 0 Å². The summed E-state index contributed by atoms with van der Waals surface area (Å²) >= 11 is 0. The molecule has 0 aromatic heterocycles. The molecule has 5 heteroatoms. The number of halogens is 1. The second-order valence-electron chi connectivity index (χ2n) is 2.95. The Hall–Kier alpha value is -0.320. The molecule has 1 atom stereocenters. The van der Waals surface area contributed by atoms with Crippen LogP contribution < -0.4 is 5.73 Å². The molecule has 3 N–H and O–H groups in total. The molecule has 72 valence electrons. The molecule has 0 radical (unpaired) electrons. The van der Waals surface area contributed by atoms with Gasteiger partial charge in [0.2, 0.25) is 0 Å². The average Bonchev–Trinajstić information content (AvgIpc) is 2.05. The third-order valence-electron chi connectivity index (χ3n) is 2.17. The molecule has 1 heterocycles. The van der Waals surface area contributed by atoms with E-state index < -0.39 is 11.4 Å². The van der Waals surface area contributed by atoms with Crippen molar-refractivity contribution in [3.05, 3.63) is 0 Å². The lowest BCUT2D eigenvalue weighted by molar-refractivity contribution is -0.156. The van der Waals surface area contributed by atoms with E-state index in [1.54, 1.807) is 0 Å². The van der Waals surface area contributed by atoms with E-state index in [4.69, 9.17) is 15.6 Å². The van der Waals surface area contributed by atoms with Crippen molar-refractivity contribution >= 4 is 18.4 Å². The molecule has 1 fully saturated rings. The monoisotopic (exact) mass is 195 g/mol. The van der Waals surface area contributed by atoms with Gasteiger partial charge in [-0.2, -0.15) is 0 Å². The zero-order valence-electron chi connectivity index (χ0n) is 6.78. The van der Waals surface area contributed by atoms with Gasteiger partial charge in [0.15, 0.2) is 0 Å². The molecule has 0 aromatic rings. The van der Waals surface area contributed by atoms with Crippen molar-refractivity contribution in [3.8, 4) is 0 Å². The molecule has 12 heavy (non-hydrogen) atoms. The van der Waals surface area contributed by atoms with E-state index in [-0.39, 0.29) is 25.6 Å². The number of ether oxygens (including phenoxy) is 1. The van der Waals surface area contributed by atoms with E-state index in [1.165, 1.54) is 0 Å². The number of carbonyl (C=O) groups is 1. The van der Waals surface area contributed by atoms with Crippen molar-refractivity contribution < 1.29 is 14.6 Å². The van der Waals surface area contributed by atoms with Crippen molar-refractivity contribution in [2.75, 3.05) is 19.8 Å². The first kappa shape index (κ1) is 11.7. The summed E-state index contributed by atoms with van der Waals surface area (Å²) in [7, 11) is 0. The first-order valence-electron chi connectivity index (χ1n) is 3.72. The lowest BCUT2D eigenvalue weighted by atomic mass is 9.83. The van der Waals surface area contributed by atoms with Gasteiger partial charge >= 0.3 is 5.97 Å². The molecule has 0 saturated carbocycles. The maximum absolute atomic E-state index is 10.7. The summed E-state index contributed by atoms with van der Waals surface area (Å²) in [5, 5.41) is 8.83. The van der Waals surface area contributed by atoms with Crippen molar-refractivity contribution in [3.63, 3.8) is 0 Å². The van der Waals surface area contributed by atoms with Gasteiger partial charge in [-0.15, -0.1) is 12.4 Å². The van der Waals surface area contributed by atoms with Gasteiger partial charge in [0.05, 0.1) is 6.61 Å². The SMILES string of the molecule is Cl.NCC1(C(=O)O)CCCOC1. The topological polar surface area (TPSA) is 72.6 Å². The molecular weight excluding hydrogens is 182 g/mol. The van der Waals surface area contributed by atoms with E-state index in [2.05, 4.69) is 0 Å². The number of aliphatic carboxylic acids is 1. The lowest BCUT2D eigenvalue weighted by Gasteiger charge is -2.31. The highest BCUT2D eigenvalue weighted by Crippen LogP contribution is 2.27. The Balaban J connectivity index is 0.00000121. The number of nitrogens with two attached hydrogens (primary N) is 1. The summed E-state index contributed by atoms with van der Waals surface area (Å²) in [6.07, 6.45) is 1.43. The summed E-state index contributed by atoms with van der Waals surface area (Å²) in [5.41, 5.74) is 4.57. The van der Waals surface area contributed by atoms with E-state index in [1.807, 2.05) is 0 Å². The van der Waals surface area contributed by atoms with Gasteiger partial charge in [-0.3, -0.25) is 4.79 Å². The molecule has 1 aliphatic heterocycles. The van der Waals surface area contributed by atoms with Gasteiger partial charge in [0.1, 0.15) is 5.41 Å². The maximum atomic E-state index is 10.7. The van der Waals surface area contributed by atoms with Crippen LogP contribution >= 0.6 is 12.4 Å². The quantitative estimate of drug-likeness (QED) is 0.663. The summed E-state index contributed by atoms with van der Waals surface area (Å²) in [6.45, 7) is 1.09. The van der Waals surface area contributed by atoms with Gasteiger partial charge in [-0.05, 0) is 12.8 Å². The van der Waals surface area contributed by atoms with E-state index in [0.717, 1.165) is 6.42 Å². The Bertz CT molecular complexity index is 157. The van der Waals surface area contributed by atoms with Crippen LogP contribution in [0.25, 0.3) is 0 Å². The first-order valence-corrected chi connectivity index (χ1v) is 3.72. The highest BCUT2D eigenvalue weighted by Gasteiger charge is 2.39. The van der Waals surface area contributed by atoms with Gasteiger partial charge < -0.3 is 15.6 Å². The van der Waals surface area contributed by atoms with Crippen LogP contribution in [0.2, 0.25) is 0 Å². The Morgan fingerprint density at radius 3 is 2.58 bits per heavy atom. The second kappa shape index (κ2) is 4.64. The standard InChI is InChI=1S/C7H13NO3.ClH/c8-4-7(6(9)10)2-1-3-11-5-7;/h1-5,8H2,(H,9,10);1H. The van der Waals surface area contributed by atoms with Gasteiger partial charge in [-0.1, -0.05) is 0 Å². The highest BCUT2D eigenvalue weighted by molar-refractivity contribution is 5.85. The number of hydrogen-bond acceptors (Lipinski definition) is 3. The fraction of sp³-hybridized carbons (Fsp3) is 0.857. The summed E-state index contributed by atoms with van der Waals surface area (Å²) in [6, 6.07) is 0. The molecule has 0 amide bonds. The maximum Gasteiger partial charge on any atom is 0.313 e. The minimum atomic E-state index is -0.834. The minimum absolute atomic E-state index is 0. The van der Waals surface area contributed by atoms with Crippen LogP contribution in [0.4, 0.5) is 0 Å². The number of carboxylic acids is 1. The van der Waals surface area contributed by atoms with Gasteiger partial charge in [-0.25, -0.2) is 0 Å². The molecule has 4 nitrogen and oxygen atoms in total. The van der Waals surface area contributed by atoms with Crippen LogP contribution in [-0.2, 0) is 9.53 Å². The number of rotatable bonds is 2. The molecule has 1 aliphatic rings. The largest absolute Gasteiger partial charge is 0.481 e. The molecule has 0 aliphatic carbocycles. The fourth-order valence-corrected chi connectivity index (χ4v) is 1.27. The van der Waals surface area contributed by atoms with Crippen LogP contribution in [0.1, 0.15) is 12.8 Å². The van der Waals surface area contributed by atoms with Crippen LogP contribution in [0.15, 0.2) is 0 Å². The van der Waals surface area contributed by atoms with Crippen molar-refractivity contribution in [1.82, 2.24) is 0 Å². The van der Waals surface area contributed by atoms with Gasteiger partial charge in [0, 0.05) is 13.2 Å². The summed E-state index contributed by atoms with van der Waals surface area (Å²) in [4.78, 5) is 10.7. The second-order valence-corrected chi connectivity index (χ2v) is 2.95. The van der Waals surface area contributed by atoms with E-state index in [9.17, 15) is 4.79 Å². The normalized spacial score (nSPS) is 29.1. The molecule has 1 rings (SSSR count). The zero-order chi connectivity index (χ0) is 8.32. The Labute approximate surface area is 77.5 Å². The molecule has 1 saturated heterocycles. The predicted molar refractivity (Wildman–Crippen MR) is 46.4 cm³/mol. The summed E-state index contributed by atoms with van der Waals surface area (Å²) in [5.74, 6) is -0.834. The Kier molecular flexibility index (Phi) is 4.52. The highest BCUT2D eigenvalue weighted by atomic mass is 35.5. The van der Waals surface area contributed by atoms with Crippen LogP contribution in [0.3, 0.4) is 0 Å². The average molecular weight is 196 g/mol. The van der Waals surface area contributed by atoms with Crippen molar-refractivity contribution in [2.24, 2.45) is 11.1 Å². The van der Waals surface area contributed by atoms with Crippen molar-refractivity contribution in [2.45, 2.75) is 12.8 Å². The fourth-order valence-electron chi connectivity index (χ4n) is 1.27. The van der Waals surface area contributed by atoms with Crippen molar-refractivity contribution in [1.29, 1.82) is 0 Å². The molecule has 0 bridgehead atoms. The Morgan fingerprint density at radius 2 is 2.33 bits per heavy atom. The van der Waals surface area contributed by atoms with Crippen LogP contribution in [0.5, 0.6) is 0 Å². The minimum Gasteiger partial charge on any atom is -0.481 e. The third-order valence-corrected chi connectivity index (χ3v) is 2.17. The van der Waals surface area contributed by atoms with Crippen LogP contribution in [0, 0.1) is 5.41 Å². The Morgan fingerprint density at radius 1 is 1.67 bits per heavy atom. The number of hydrogen-bond donors (Lipinski definition) is 2. The van der Waals surface area contributed by atoms with Crippen LogP contribution in [-0.4, -0.2) is 30.8 Å². The predicted octanol–water partition coefficient (Wildman–Crippen LogP) is 0.248. The zero-order valence-corrected chi connectivity index (χ0v) is 7.60. The third kappa shape index (κ3) is 2.09. The summed E-state index contributed by atoms with van der Waals surface area (Å²) < 4.78 is 5.08. The smallest absolute Gasteiger partial charge is 0.313 e.